The van der Waals surface area contributed by atoms with Crippen molar-refractivity contribution in [2.24, 2.45) is 0 Å². The Balaban J connectivity index is 1.04. The molecule has 0 aliphatic carbocycles. The van der Waals surface area contributed by atoms with Crippen molar-refractivity contribution in [3.63, 3.8) is 0 Å². The summed E-state index contributed by atoms with van der Waals surface area (Å²) < 4.78 is 19.0. The number of anilines is 2. The van der Waals surface area contributed by atoms with E-state index in [2.05, 4.69) is 20.8 Å². The molecule has 1 heterocycles. The zero-order valence-electron chi connectivity index (χ0n) is 30.2. The maximum Gasteiger partial charge on any atom is 0.325 e. The number of nitro benzene ring substituents is 1. The van der Waals surface area contributed by atoms with E-state index in [4.69, 9.17) is 13.7 Å². The van der Waals surface area contributed by atoms with Crippen LogP contribution in [0.5, 0.6) is 17.2 Å². The van der Waals surface area contributed by atoms with Crippen LogP contribution < -0.4 is 15.0 Å². The molecule has 16 heteroatoms. The molecule has 0 aliphatic heterocycles. The van der Waals surface area contributed by atoms with Crippen molar-refractivity contribution in [2.75, 3.05) is 23.5 Å². The lowest BCUT2D eigenvalue weighted by atomic mass is 10.0. The first-order valence-electron chi connectivity index (χ1n) is 17.4. The summed E-state index contributed by atoms with van der Waals surface area (Å²) >= 11 is 0.944. The minimum Gasteiger partial charge on any atom is -0.506 e. The van der Waals surface area contributed by atoms with Crippen LogP contribution in [-0.4, -0.2) is 55.4 Å². The Labute approximate surface area is 329 Å². The molecule has 0 fully saturated rings. The molecule has 1 amide bonds. The highest BCUT2D eigenvalue weighted by atomic mass is 32.2. The van der Waals surface area contributed by atoms with Crippen LogP contribution in [0.15, 0.2) is 139 Å². The van der Waals surface area contributed by atoms with Gasteiger partial charge in [0.15, 0.2) is 0 Å². The van der Waals surface area contributed by atoms with Crippen LogP contribution in [0.3, 0.4) is 0 Å². The largest absolute Gasteiger partial charge is 0.506 e. The second kappa shape index (κ2) is 17.4. The van der Waals surface area contributed by atoms with Gasteiger partial charge >= 0.3 is 11.7 Å². The summed E-state index contributed by atoms with van der Waals surface area (Å²) in [6.07, 6.45) is 0. The minimum absolute atomic E-state index is 0.0375. The fourth-order valence-corrected chi connectivity index (χ4v) is 6.38. The summed E-state index contributed by atoms with van der Waals surface area (Å²) in [6, 6.07) is 37.8. The average molecular weight is 784 g/mol. The molecular formula is C41H33N7O8S. The predicted octanol–water partition coefficient (Wildman–Crippen LogP) is 8.01. The van der Waals surface area contributed by atoms with Gasteiger partial charge in [-0.2, -0.15) is 4.68 Å². The zero-order valence-corrected chi connectivity index (χ0v) is 31.0. The first-order valence-corrected chi connectivity index (χ1v) is 18.1. The van der Waals surface area contributed by atoms with E-state index in [1.54, 1.807) is 41.3 Å². The number of amides is 1. The van der Waals surface area contributed by atoms with Crippen LogP contribution in [0.25, 0.3) is 16.5 Å². The molecule has 7 aromatic rings. The third-order valence-corrected chi connectivity index (χ3v) is 9.31. The van der Waals surface area contributed by atoms with Crippen LogP contribution in [0.4, 0.5) is 17.1 Å². The third kappa shape index (κ3) is 8.99. The first-order chi connectivity index (χ1) is 27.7. The number of fused-ring (bicyclic) bond motifs is 1. The Bertz CT molecular complexity index is 2550. The number of aryl methyl sites for hydroxylation is 1. The number of aromatic nitrogens is 4. The fourth-order valence-electron chi connectivity index (χ4n) is 5.81. The van der Waals surface area contributed by atoms with E-state index >= 15 is 0 Å². The van der Waals surface area contributed by atoms with Gasteiger partial charge in [-0.1, -0.05) is 90.0 Å². The number of phenols is 1. The number of ether oxygens (including phenoxy) is 2. The lowest BCUT2D eigenvalue weighted by molar-refractivity contribution is -0.385. The Morgan fingerprint density at radius 3 is 2.33 bits per heavy atom. The number of aromatic hydroxyl groups is 1. The normalized spacial score (nSPS) is 10.9. The number of carbonyl (C=O) groups excluding carboxylic acids is 2. The van der Waals surface area contributed by atoms with Gasteiger partial charge in [-0.3, -0.25) is 23.9 Å². The summed E-state index contributed by atoms with van der Waals surface area (Å²) in [7, 11) is 0. The summed E-state index contributed by atoms with van der Waals surface area (Å²) in [5, 5.41) is 39.1. The van der Waals surface area contributed by atoms with Gasteiger partial charge < -0.3 is 24.8 Å². The van der Waals surface area contributed by atoms with Crippen molar-refractivity contribution < 1.29 is 33.3 Å². The van der Waals surface area contributed by atoms with Gasteiger partial charge in [-0.25, -0.2) is 0 Å². The summed E-state index contributed by atoms with van der Waals surface area (Å²) in [6.45, 7) is 1.33. The highest BCUT2D eigenvalue weighted by molar-refractivity contribution is 7.94. The molecule has 1 aromatic heterocycles. The van der Waals surface area contributed by atoms with E-state index in [0.717, 1.165) is 23.3 Å². The molecule has 0 saturated carbocycles. The molecule has 0 atom stereocenters. The van der Waals surface area contributed by atoms with E-state index in [-0.39, 0.29) is 42.7 Å². The van der Waals surface area contributed by atoms with Gasteiger partial charge in [0.2, 0.25) is 10.9 Å². The number of hydrogen-bond donors (Lipinski definition) is 2. The number of carbonyl (C=O) groups is 2. The smallest absolute Gasteiger partial charge is 0.325 e. The number of nitrogens with one attached hydrogen (secondary N) is 1. The van der Waals surface area contributed by atoms with Crippen molar-refractivity contribution in [1.82, 2.24) is 20.2 Å². The van der Waals surface area contributed by atoms with Gasteiger partial charge in [0.25, 0.3) is 5.91 Å². The number of esters is 1. The molecule has 2 N–H and O–H groups in total. The molecule has 6 aromatic carbocycles. The number of rotatable bonds is 15. The lowest BCUT2D eigenvalue weighted by Crippen LogP contribution is -2.32. The quantitative estimate of drug-likeness (QED) is 0.0335. The van der Waals surface area contributed by atoms with E-state index in [1.165, 1.54) is 28.9 Å². The fraction of sp³-hybridized carbons (Fsp3) is 0.0976. The minimum atomic E-state index is -0.616. The number of hydrogen-bond acceptors (Lipinski definition) is 13. The monoisotopic (exact) mass is 783 g/mol. The van der Waals surface area contributed by atoms with E-state index in [1.807, 2.05) is 79.7 Å². The van der Waals surface area contributed by atoms with Gasteiger partial charge in [0.1, 0.15) is 31.4 Å². The number of benzene rings is 6. The van der Waals surface area contributed by atoms with Crippen LogP contribution in [0.2, 0.25) is 0 Å². The Morgan fingerprint density at radius 1 is 0.877 bits per heavy atom. The molecule has 0 radical (unpaired) electrons. The van der Waals surface area contributed by atoms with Gasteiger partial charge in [-0.05, 0) is 70.9 Å². The van der Waals surface area contributed by atoms with Gasteiger partial charge in [0.05, 0.1) is 28.2 Å². The van der Waals surface area contributed by atoms with Crippen LogP contribution in [0.1, 0.15) is 21.5 Å². The van der Waals surface area contributed by atoms with Crippen molar-refractivity contribution in [1.29, 1.82) is 0 Å². The Morgan fingerprint density at radius 2 is 1.58 bits per heavy atom. The van der Waals surface area contributed by atoms with Gasteiger partial charge in [-0.15, -0.1) is 0 Å². The second-order valence-corrected chi connectivity index (χ2v) is 13.2. The summed E-state index contributed by atoms with van der Waals surface area (Å²) in [5.74, 6) is -1.49. The van der Waals surface area contributed by atoms with Crippen molar-refractivity contribution >= 4 is 51.8 Å². The topological polar surface area (TPSA) is 184 Å². The van der Waals surface area contributed by atoms with E-state index < -0.39 is 22.5 Å². The number of para-hydroxylation sites is 3. The molecule has 57 heavy (non-hydrogen) atoms. The molecule has 15 nitrogen and oxygen atoms in total. The van der Waals surface area contributed by atoms with E-state index in [0.29, 0.717) is 32.9 Å². The number of tetrazole rings is 1. The number of phenolic OH excluding ortho intramolecular Hbond substituents is 1. The van der Waals surface area contributed by atoms with Crippen LogP contribution >= 0.6 is 12.0 Å². The molecule has 286 valence electrons. The Kier molecular flexibility index (Phi) is 11.6. The van der Waals surface area contributed by atoms with E-state index in [9.17, 15) is 24.8 Å². The SMILES string of the molecule is Cc1ccccc1NC(=O)c1cc(Oc2ccc(COC(=O)CN(COSc3nnnn3-c3ccccc3)c3ccccc3)cc2[N+](=O)[O-])c2ccccc2c1O. The second-order valence-electron chi connectivity index (χ2n) is 12.5. The first kappa shape index (κ1) is 38.0. The average Bonchev–Trinajstić information content (AvgIpc) is 3.71. The number of nitro groups is 1. The molecule has 7 rings (SSSR count). The maximum absolute atomic E-state index is 13.4. The maximum atomic E-state index is 13.4. The van der Waals surface area contributed by atoms with Crippen molar-refractivity contribution in [2.45, 2.75) is 18.7 Å². The highest BCUT2D eigenvalue weighted by Gasteiger charge is 2.23. The summed E-state index contributed by atoms with van der Waals surface area (Å²) in [5.41, 5.74) is 2.66. The van der Waals surface area contributed by atoms with Crippen LogP contribution in [-0.2, 0) is 20.3 Å². The highest BCUT2D eigenvalue weighted by Crippen LogP contribution is 2.41. The zero-order chi connectivity index (χ0) is 39.7. The molecule has 0 saturated heterocycles. The number of nitrogens with zero attached hydrogens (tertiary/aromatic N) is 6. The molecule has 0 bridgehead atoms. The van der Waals surface area contributed by atoms with Crippen molar-refractivity contribution in [3.05, 3.63) is 160 Å². The standard InChI is InChI=1S/C41H33N7O8S/c1-27-12-8-11-19-34(27)42-40(51)33-23-37(31-17-9-10-18-32(31)39(33)50)56-36-21-20-28(22-35(36)48(52)53)25-54-38(49)24-46(29-13-4-2-5-14-29)26-55-57-41-43-44-45-47(41)30-15-6-3-7-16-30/h2-23,50H,24-26H2,1H3,(H,42,51). The predicted molar refractivity (Wildman–Crippen MR) is 212 cm³/mol. The molecule has 0 unspecified atom stereocenters. The molecule has 0 aliphatic rings. The summed E-state index contributed by atoms with van der Waals surface area (Å²) in [4.78, 5) is 39.9. The molecule has 0 spiro atoms. The van der Waals surface area contributed by atoms with Crippen LogP contribution in [0, 0.1) is 17.0 Å². The van der Waals surface area contributed by atoms with Gasteiger partial charge in [0, 0.05) is 28.2 Å². The van der Waals surface area contributed by atoms with Crippen molar-refractivity contribution in [3.8, 4) is 22.9 Å². The Hall–Kier alpha value is -7.30. The molecular weight excluding hydrogens is 751 g/mol. The third-order valence-electron chi connectivity index (χ3n) is 8.68. The lowest BCUT2D eigenvalue weighted by Gasteiger charge is -2.23.